The predicted octanol–water partition coefficient (Wildman–Crippen LogP) is -0.624. The summed E-state index contributed by atoms with van der Waals surface area (Å²) in [5, 5.41) is 23.6. The Morgan fingerprint density at radius 3 is 2.38 bits per heavy atom. The van der Waals surface area contributed by atoms with E-state index in [0.29, 0.717) is 6.04 Å². The summed E-state index contributed by atoms with van der Waals surface area (Å²) < 4.78 is 0. The van der Waals surface area contributed by atoms with E-state index >= 15 is 0 Å². The Morgan fingerprint density at radius 1 is 1.31 bits per heavy atom. The first-order valence-electron chi connectivity index (χ1n) is 5.95. The predicted molar refractivity (Wildman–Crippen MR) is 61.0 cm³/mol. The lowest BCUT2D eigenvalue weighted by atomic mass is 10.2. The van der Waals surface area contributed by atoms with Gasteiger partial charge in [-0.1, -0.05) is 12.8 Å². The fourth-order valence-electron chi connectivity index (χ4n) is 1.99. The normalized spacial score (nSPS) is 19.0. The molecule has 0 aromatic rings. The second-order valence-corrected chi connectivity index (χ2v) is 4.44. The van der Waals surface area contributed by atoms with E-state index in [9.17, 15) is 4.79 Å². The van der Waals surface area contributed by atoms with Gasteiger partial charge in [-0.3, -0.25) is 10.1 Å². The molecular weight excluding hydrogens is 208 g/mol. The minimum atomic E-state index is -0.427. The van der Waals surface area contributed by atoms with Crippen LogP contribution >= 0.6 is 0 Å². The number of hydrogen-bond acceptors (Lipinski definition) is 4. The van der Waals surface area contributed by atoms with Gasteiger partial charge in [0.1, 0.15) is 0 Å². The van der Waals surface area contributed by atoms with E-state index in [1.807, 2.05) is 0 Å². The second-order valence-electron chi connectivity index (χ2n) is 4.44. The van der Waals surface area contributed by atoms with Gasteiger partial charge in [-0.05, 0) is 19.8 Å². The molecule has 1 rings (SSSR count). The van der Waals surface area contributed by atoms with Gasteiger partial charge in [-0.2, -0.15) is 0 Å². The highest BCUT2D eigenvalue weighted by molar-refractivity contribution is 5.81. The van der Waals surface area contributed by atoms with E-state index in [1.54, 1.807) is 6.92 Å². The Hall–Kier alpha value is -0.650. The SMILES string of the molecule is CC(NC(CO)CO)C(=O)NC1CCCC1. The van der Waals surface area contributed by atoms with Gasteiger partial charge in [0, 0.05) is 6.04 Å². The average Bonchev–Trinajstić information content (AvgIpc) is 2.78. The van der Waals surface area contributed by atoms with Crippen LogP contribution in [0.2, 0.25) is 0 Å². The van der Waals surface area contributed by atoms with Gasteiger partial charge in [-0.15, -0.1) is 0 Å². The molecule has 1 atom stereocenters. The molecule has 1 fully saturated rings. The summed E-state index contributed by atoms with van der Waals surface area (Å²) in [5.74, 6) is -0.0567. The third-order valence-electron chi connectivity index (χ3n) is 3.02. The number of carbonyl (C=O) groups is 1. The summed E-state index contributed by atoms with van der Waals surface area (Å²) in [6.45, 7) is 1.40. The number of aliphatic hydroxyl groups is 2. The number of rotatable bonds is 6. The first kappa shape index (κ1) is 13.4. The van der Waals surface area contributed by atoms with Gasteiger partial charge < -0.3 is 15.5 Å². The van der Waals surface area contributed by atoms with Crippen molar-refractivity contribution in [3.63, 3.8) is 0 Å². The highest BCUT2D eigenvalue weighted by atomic mass is 16.3. The van der Waals surface area contributed by atoms with Crippen molar-refractivity contribution in [2.24, 2.45) is 0 Å². The number of amides is 1. The lowest BCUT2D eigenvalue weighted by molar-refractivity contribution is -0.123. The van der Waals surface area contributed by atoms with E-state index in [0.717, 1.165) is 12.8 Å². The monoisotopic (exact) mass is 230 g/mol. The molecule has 0 spiro atoms. The van der Waals surface area contributed by atoms with Crippen molar-refractivity contribution >= 4 is 5.91 Å². The molecule has 94 valence electrons. The molecule has 0 heterocycles. The number of carbonyl (C=O) groups excluding carboxylic acids is 1. The van der Waals surface area contributed by atoms with Crippen molar-refractivity contribution in [1.29, 1.82) is 0 Å². The van der Waals surface area contributed by atoms with Crippen molar-refractivity contribution in [2.75, 3.05) is 13.2 Å². The molecule has 1 saturated carbocycles. The highest BCUT2D eigenvalue weighted by Crippen LogP contribution is 2.17. The Balaban J connectivity index is 2.28. The molecule has 0 aliphatic heterocycles. The molecule has 1 aliphatic carbocycles. The van der Waals surface area contributed by atoms with Crippen LogP contribution in [0, 0.1) is 0 Å². The molecule has 0 aromatic carbocycles. The molecule has 1 aliphatic rings. The quantitative estimate of drug-likeness (QED) is 0.490. The molecule has 0 radical (unpaired) electrons. The van der Waals surface area contributed by atoms with Crippen molar-refractivity contribution in [3.05, 3.63) is 0 Å². The van der Waals surface area contributed by atoms with Crippen molar-refractivity contribution in [2.45, 2.75) is 50.7 Å². The van der Waals surface area contributed by atoms with Gasteiger partial charge in [0.2, 0.25) is 5.91 Å². The van der Waals surface area contributed by atoms with Crippen molar-refractivity contribution in [1.82, 2.24) is 10.6 Å². The van der Waals surface area contributed by atoms with Crippen LogP contribution in [0.4, 0.5) is 0 Å². The molecule has 0 aromatic heterocycles. The van der Waals surface area contributed by atoms with Crippen molar-refractivity contribution < 1.29 is 15.0 Å². The largest absolute Gasteiger partial charge is 0.395 e. The fraction of sp³-hybridized carbons (Fsp3) is 0.909. The smallest absolute Gasteiger partial charge is 0.237 e. The first-order chi connectivity index (χ1) is 7.67. The summed E-state index contributed by atoms with van der Waals surface area (Å²) in [4.78, 5) is 11.7. The van der Waals surface area contributed by atoms with Gasteiger partial charge in [-0.25, -0.2) is 0 Å². The molecule has 0 saturated heterocycles. The number of nitrogens with one attached hydrogen (secondary N) is 2. The van der Waals surface area contributed by atoms with Crippen LogP contribution in [0.25, 0.3) is 0 Å². The van der Waals surface area contributed by atoms with E-state index in [4.69, 9.17) is 10.2 Å². The second kappa shape index (κ2) is 6.83. The van der Waals surface area contributed by atoms with Gasteiger partial charge in [0.25, 0.3) is 0 Å². The van der Waals surface area contributed by atoms with E-state index in [-0.39, 0.29) is 25.2 Å². The molecule has 1 unspecified atom stereocenters. The Kier molecular flexibility index (Phi) is 5.73. The van der Waals surface area contributed by atoms with E-state index in [1.165, 1.54) is 12.8 Å². The number of aliphatic hydroxyl groups excluding tert-OH is 2. The lowest BCUT2D eigenvalue weighted by Gasteiger charge is -2.21. The topological polar surface area (TPSA) is 81.6 Å². The summed E-state index contributed by atoms with van der Waals surface area (Å²) in [7, 11) is 0. The minimum Gasteiger partial charge on any atom is -0.395 e. The molecule has 5 nitrogen and oxygen atoms in total. The standard InChI is InChI=1S/C11H22N2O3/c1-8(12-10(6-14)7-15)11(16)13-9-4-2-3-5-9/h8-10,12,14-15H,2-7H2,1H3,(H,13,16). The van der Waals surface area contributed by atoms with Gasteiger partial charge in [0.15, 0.2) is 0 Å². The zero-order valence-electron chi connectivity index (χ0n) is 9.78. The summed E-state index contributed by atoms with van der Waals surface area (Å²) in [6.07, 6.45) is 4.48. The van der Waals surface area contributed by atoms with Crippen LogP contribution in [0.3, 0.4) is 0 Å². The summed E-state index contributed by atoms with van der Waals surface area (Å²) in [5.41, 5.74) is 0. The van der Waals surface area contributed by atoms with Gasteiger partial charge >= 0.3 is 0 Å². The molecule has 16 heavy (non-hydrogen) atoms. The van der Waals surface area contributed by atoms with Crippen molar-refractivity contribution in [3.8, 4) is 0 Å². The third kappa shape index (κ3) is 4.08. The van der Waals surface area contributed by atoms with E-state index < -0.39 is 6.04 Å². The van der Waals surface area contributed by atoms with Crippen LogP contribution in [0.15, 0.2) is 0 Å². The number of hydrogen-bond donors (Lipinski definition) is 4. The van der Waals surface area contributed by atoms with Crippen LogP contribution in [-0.4, -0.2) is 47.5 Å². The molecule has 1 amide bonds. The molecule has 4 N–H and O–H groups in total. The zero-order chi connectivity index (χ0) is 12.0. The van der Waals surface area contributed by atoms with Crippen LogP contribution in [0.1, 0.15) is 32.6 Å². The first-order valence-corrected chi connectivity index (χ1v) is 5.95. The Bertz CT molecular complexity index is 213. The maximum absolute atomic E-state index is 11.7. The molecule has 5 heteroatoms. The minimum absolute atomic E-state index is 0.0567. The summed E-state index contributed by atoms with van der Waals surface area (Å²) >= 11 is 0. The lowest BCUT2D eigenvalue weighted by Crippen LogP contribution is -2.50. The average molecular weight is 230 g/mol. The van der Waals surface area contributed by atoms with Crippen LogP contribution in [0.5, 0.6) is 0 Å². The van der Waals surface area contributed by atoms with Gasteiger partial charge in [0.05, 0.1) is 25.3 Å². The maximum atomic E-state index is 11.7. The van der Waals surface area contributed by atoms with Crippen LogP contribution < -0.4 is 10.6 Å². The Morgan fingerprint density at radius 2 is 1.88 bits per heavy atom. The zero-order valence-corrected chi connectivity index (χ0v) is 9.78. The van der Waals surface area contributed by atoms with E-state index in [2.05, 4.69) is 10.6 Å². The van der Waals surface area contributed by atoms with Crippen LogP contribution in [-0.2, 0) is 4.79 Å². The molecule has 0 bridgehead atoms. The highest BCUT2D eigenvalue weighted by Gasteiger charge is 2.21. The molecular formula is C11H22N2O3. The maximum Gasteiger partial charge on any atom is 0.237 e. The third-order valence-corrected chi connectivity index (χ3v) is 3.02. The Labute approximate surface area is 96.2 Å². The fourth-order valence-corrected chi connectivity index (χ4v) is 1.99. The summed E-state index contributed by atoms with van der Waals surface area (Å²) in [6, 6.07) is -0.507.